The van der Waals surface area contributed by atoms with Crippen LogP contribution in [0, 0.1) is 0 Å². The van der Waals surface area contributed by atoms with Crippen molar-refractivity contribution in [2.24, 2.45) is 5.10 Å². The fourth-order valence-electron chi connectivity index (χ4n) is 3.09. The number of hydrogen-bond donors (Lipinski definition) is 1. The van der Waals surface area contributed by atoms with Crippen LogP contribution in [0.15, 0.2) is 47.6 Å². The lowest BCUT2D eigenvalue weighted by Gasteiger charge is -2.23. The lowest BCUT2D eigenvalue weighted by molar-refractivity contribution is -0.132. The van der Waals surface area contributed by atoms with E-state index in [0.717, 1.165) is 16.8 Å². The van der Waals surface area contributed by atoms with Crippen LogP contribution in [0.2, 0.25) is 0 Å². The summed E-state index contributed by atoms with van der Waals surface area (Å²) in [5, 5.41) is 6.17. The average molecular weight is 353 g/mol. The van der Waals surface area contributed by atoms with Crippen LogP contribution in [0.4, 0.5) is 5.69 Å². The molecule has 0 aliphatic carbocycles. The first kappa shape index (κ1) is 17.8. The second-order valence-corrected chi connectivity index (χ2v) is 6.09. The van der Waals surface area contributed by atoms with E-state index in [4.69, 9.17) is 15.2 Å². The van der Waals surface area contributed by atoms with E-state index < -0.39 is 0 Å². The highest BCUT2D eigenvalue weighted by Crippen LogP contribution is 2.39. The first-order valence-corrected chi connectivity index (χ1v) is 8.54. The van der Waals surface area contributed by atoms with Crippen LogP contribution < -0.4 is 15.2 Å². The molecule has 136 valence electrons. The highest BCUT2D eigenvalue weighted by molar-refractivity contribution is 6.03. The highest BCUT2D eigenvalue weighted by atomic mass is 16.5. The lowest BCUT2D eigenvalue weighted by atomic mass is 9.97. The van der Waals surface area contributed by atoms with Gasteiger partial charge in [-0.2, -0.15) is 5.10 Å². The van der Waals surface area contributed by atoms with Gasteiger partial charge >= 0.3 is 0 Å². The lowest BCUT2D eigenvalue weighted by Crippen LogP contribution is -2.26. The number of anilines is 1. The standard InChI is InChI=1S/C20H23N3O3/c1-4-20(24)23-18(16-11-15(25-2)9-10-19(16)26-3)12-17(22-23)13-5-7-14(21)8-6-13/h5-11,18H,4,12,21H2,1-3H3. The van der Waals surface area contributed by atoms with Crippen LogP contribution >= 0.6 is 0 Å². The Balaban J connectivity index is 2.02. The van der Waals surface area contributed by atoms with Gasteiger partial charge in [0.15, 0.2) is 0 Å². The molecule has 2 aromatic rings. The zero-order chi connectivity index (χ0) is 18.7. The van der Waals surface area contributed by atoms with E-state index in [0.29, 0.717) is 30.0 Å². The molecule has 0 spiro atoms. The van der Waals surface area contributed by atoms with Gasteiger partial charge in [0.25, 0.3) is 0 Å². The molecule has 0 aromatic heterocycles. The van der Waals surface area contributed by atoms with Crippen LogP contribution in [0.25, 0.3) is 0 Å². The number of nitrogen functional groups attached to an aromatic ring is 1. The Morgan fingerprint density at radius 2 is 1.92 bits per heavy atom. The predicted molar refractivity (Wildman–Crippen MR) is 101 cm³/mol. The highest BCUT2D eigenvalue weighted by Gasteiger charge is 2.34. The number of nitrogens with two attached hydrogens (primary N) is 1. The largest absolute Gasteiger partial charge is 0.497 e. The number of hydrazone groups is 1. The van der Waals surface area contributed by atoms with Crippen molar-refractivity contribution in [2.45, 2.75) is 25.8 Å². The number of methoxy groups -OCH3 is 2. The van der Waals surface area contributed by atoms with Gasteiger partial charge in [-0.1, -0.05) is 19.1 Å². The quantitative estimate of drug-likeness (QED) is 0.836. The molecule has 1 heterocycles. The van der Waals surface area contributed by atoms with Gasteiger partial charge in [-0.25, -0.2) is 5.01 Å². The zero-order valence-electron chi connectivity index (χ0n) is 15.2. The van der Waals surface area contributed by atoms with Gasteiger partial charge in [-0.15, -0.1) is 0 Å². The van der Waals surface area contributed by atoms with Crippen molar-refractivity contribution < 1.29 is 14.3 Å². The van der Waals surface area contributed by atoms with Gasteiger partial charge in [-0.05, 0) is 35.9 Å². The molecule has 6 nitrogen and oxygen atoms in total. The molecule has 0 radical (unpaired) electrons. The van der Waals surface area contributed by atoms with Gasteiger partial charge in [0.05, 0.1) is 26.0 Å². The van der Waals surface area contributed by atoms with Crippen LogP contribution in [0.3, 0.4) is 0 Å². The number of amides is 1. The number of ether oxygens (including phenoxy) is 2. The summed E-state index contributed by atoms with van der Waals surface area (Å²) < 4.78 is 10.9. The number of carbonyl (C=O) groups excluding carboxylic acids is 1. The van der Waals surface area contributed by atoms with Crippen LogP contribution in [-0.4, -0.2) is 30.8 Å². The molecule has 6 heteroatoms. The van der Waals surface area contributed by atoms with E-state index in [1.807, 2.05) is 49.4 Å². The topological polar surface area (TPSA) is 77.2 Å². The zero-order valence-corrected chi connectivity index (χ0v) is 15.2. The number of nitrogens with zero attached hydrogens (tertiary/aromatic N) is 2. The number of hydrogen-bond acceptors (Lipinski definition) is 5. The molecule has 1 atom stereocenters. The third kappa shape index (κ3) is 3.35. The van der Waals surface area contributed by atoms with Crippen molar-refractivity contribution in [3.8, 4) is 11.5 Å². The van der Waals surface area contributed by atoms with E-state index in [1.165, 1.54) is 0 Å². The Morgan fingerprint density at radius 1 is 1.19 bits per heavy atom. The predicted octanol–water partition coefficient (Wildman–Crippen LogP) is 3.37. The summed E-state index contributed by atoms with van der Waals surface area (Å²) in [6, 6.07) is 12.9. The molecule has 1 amide bonds. The summed E-state index contributed by atoms with van der Waals surface area (Å²) in [5.41, 5.74) is 9.15. The summed E-state index contributed by atoms with van der Waals surface area (Å²) in [6.07, 6.45) is 0.973. The fourth-order valence-corrected chi connectivity index (χ4v) is 3.09. The molecule has 2 N–H and O–H groups in total. The van der Waals surface area contributed by atoms with Crippen molar-refractivity contribution in [3.05, 3.63) is 53.6 Å². The third-order valence-corrected chi connectivity index (χ3v) is 4.51. The summed E-state index contributed by atoms with van der Waals surface area (Å²) in [7, 11) is 3.24. The Hall–Kier alpha value is -3.02. The Kier molecular flexibility index (Phi) is 5.11. The monoisotopic (exact) mass is 353 g/mol. The number of carbonyl (C=O) groups is 1. The minimum atomic E-state index is -0.236. The summed E-state index contributed by atoms with van der Waals surface area (Å²) in [4.78, 5) is 12.5. The van der Waals surface area contributed by atoms with Crippen molar-refractivity contribution >= 4 is 17.3 Å². The van der Waals surface area contributed by atoms with E-state index in [1.54, 1.807) is 19.2 Å². The van der Waals surface area contributed by atoms with Crippen LogP contribution in [0.1, 0.15) is 36.9 Å². The van der Waals surface area contributed by atoms with Crippen molar-refractivity contribution in [1.82, 2.24) is 5.01 Å². The molecule has 26 heavy (non-hydrogen) atoms. The van der Waals surface area contributed by atoms with Gasteiger partial charge in [0, 0.05) is 24.1 Å². The molecule has 3 rings (SSSR count). The summed E-state index contributed by atoms with van der Waals surface area (Å²) in [6.45, 7) is 1.83. The molecule has 0 bridgehead atoms. The van der Waals surface area contributed by atoms with E-state index in [-0.39, 0.29) is 11.9 Å². The number of benzene rings is 2. The Labute approximate surface area is 153 Å². The van der Waals surface area contributed by atoms with Gasteiger partial charge in [0.2, 0.25) is 5.91 Å². The SMILES string of the molecule is CCC(=O)N1N=C(c2ccc(N)cc2)CC1c1cc(OC)ccc1OC. The second kappa shape index (κ2) is 7.47. The summed E-state index contributed by atoms with van der Waals surface area (Å²) in [5.74, 6) is 1.38. The maximum atomic E-state index is 12.5. The molecule has 1 unspecified atom stereocenters. The Bertz CT molecular complexity index is 831. The molecule has 1 aliphatic heterocycles. The third-order valence-electron chi connectivity index (χ3n) is 4.51. The molecule has 2 aromatic carbocycles. The Morgan fingerprint density at radius 3 is 2.54 bits per heavy atom. The van der Waals surface area contributed by atoms with E-state index >= 15 is 0 Å². The first-order valence-electron chi connectivity index (χ1n) is 8.54. The molecule has 1 aliphatic rings. The van der Waals surface area contributed by atoms with E-state index in [2.05, 4.69) is 5.10 Å². The van der Waals surface area contributed by atoms with Crippen LogP contribution in [0.5, 0.6) is 11.5 Å². The average Bonchev–Trinajstić information content (AvgIpc) is 3.12. The van der Waals surface area contributed by atoms with Gasteiger partial charge in [0.1, 0.15) is 11.5 Å². The second-order valence-electron chi connectivity index (χ2n) is 6.09. The van der Waals surface area contributed by atoms with Crippen molar-refractivity contribution in [3.63, 3.8) is 0 Å². The molecule has 0 saturated carbocycles. The smallest absolute Gasteiger partial charge is 0.242 e. The van der Waals surface area contributed by atoms with Crippen molar-refractivity contribution in [1.29, 1.82) is 0 Å². The molecular weight excluding hydrogens is 330 g/mol. The van der Waals surface area contributed by atoms with E-state index in [9.17, 15) is 4.79 Å². The normalized spacial score (nSPS) is 16.3. The molecule has 0 fully saturated rings. The minimum Gasteiger partial charge on any atom is -0.497 e. The van der Waals surface area contributed by atoms with Gasteiger partial charge in [-0.3, -0.25) is 4.79 Å². The van der Waals surface area contributed by atoms with Crippen LogP contribution in [-0.2, 0) is 4.79 Å². The maximum Gasteiger partial charge on any atom is 0.242 e. The maximum absolute atomic E-state index is 12.5. The van der Waals surface area contributed by atoms with Crippen molar-refractivity contribution in [2.75, 3.05) is 20.0 Å². The fraction of sp³-hybridized carbons (Fsp3) is 0.300. The molecular formula is C20H23N3O3. The first-order chi connectivity index (χ1) is 12.6. The summed E-state index contributed by atoms with van der Waals surface area (Å²) >= 11 is 0. The molecule has 0 saturated heterocycles. The van der Waals surface area contributed by atoms with Gasteiger partial charge < -0.3 is 15.2 Å². The minimum absolute atomic E-state index is 0.0367. The number of rotatable bonds is 5.